The average molecular weight is 484 g/mol. The molecular formula is C28H25N3O3S. The number of benzene rings is 4. The number of hydrogen-bond donors (Lipinski definition) is 1. The molecule has 176 valence electrons. The molecule has 0 bridgehead atoms. The van der Waals surface area contributed by atoms with Crippen LogP contribution in [0, 0.1) is 6.92 Å². The van der Waals surface area contributed by atoms with E-state index in [9.17, 15) is 13.2 Å². The monoisotopic (exact) mass is 483 g/mol. The highest BCUT2D eigenvalue weighted by atomic mass is 32.2. The SMILES string of the molecule is Cc1cccc(/C=N\NC(=O)c2ccccc2N(Cc2ccccc2)S(=O)(=O)c2ccccc2)c1. The van der Waals surface area contributed by atoms with E-state index >= 15 is 0 Å². The Morgan fingerprint density at radius 1 is 0.857 bits per heavy atom. The summed E-state index contributed by atoms with van der Waals surface area (Å²) in [5.41, 5.74) is 5.70. The summed E-state index contributed by atoms with van der Waals surface area (Å²) in [7, 11) is -3.96. The average Bonchev–Trinajstić information content (AvgIpc) is 2.88. The zero-order valence-electron chi connectivity index (χ0n) is 19.2. The molecule has 0 aliphatic rings. The maximum Gasteiger partial charge on any atom is 0.273 e. The fourth-order valence-electron chi connectivity index (χ4n) is 3.63. The number of para-hydroxylation sites is 1. The largest absolute Gasteiger partial charge is 0.273 e. The van der Waals surface area contributed by atoms with Crippen LogP contribution < -0.4 is 9.73 Å². The van der Waals surface area contributed by atoms with Crippen LogP contribution in [0.3, 0.4) is 0 Å². The first-order valence-corrected chi connectivity index (χ1v) is 12.5. The van der Waals surface area contributed by atoms with Crippen LogP contribution in [0.5, 0.6) is 0 Å². The molecule has 4 aromatic rings. The van der Waals surface area contributed by atoms with E-state index in [0.717, 1.165) is 16.7 Å². The molecule has 4 aromatic carbocycles. The van der Waals surface area contributed by atoms with Gasteiger partial charge in [-0.3, -0.25) is 9.10 Å². The summed E-state index contributed by atoms with van der Waals surface area (Å²) < 4.78 is 28.7. The number of carbonyl (C=O) groups is 1. The topological polar surface area (TPSA) is 78.8 Å². The molecular weight excluding hydrogens is 458 g/mol. The summed E-state index contributed by atoms with van der Waals surface area (Å²) in [4.78, 5) is 13.2. The molecule has 0 radical (unpaired) electrons. The van der Waals surface area contributed by atoms with Gasteiger partial charge >= 0.3 is 0 Å². The number of nitrogens with zero attached hydrogens (tertiary/aromatic N) is 2. The number of aryl methyl sites for hydroxylation is 1. The Labute approximate surface area is 205 Å². The van der Waals surface area contributed by atoms with Gasteiger partial charge in [-0.1, -0.05) is 90.5 Å². The van der Waals surface area contributed by atoms with Crippen molar-refractivity contribution in [1.29, 1.82) is 0 Å². The van der Waals surface area contributed by atoms with Crippen molar-refractivity contribution in [3.8, 4) is 0 Å². The normalized spacial score (nSPS) is 11.3. The fraction of sp³-hybridized carbons (Fsp3) is 0.0714. The van der Waals surface area contributed by atoms with Gasteiger partial charge in [0.1, 0.15) is 0 Å². The molecule has 0 fully saturated rings. The van der Waals surface area contributed by atoms with Gasteiger partial charge < -0.3 is 0 Å². The van der Waals surface area contributed by atoms with E-state index < -0.39 is 15.9 Å². The molecule has 6 nitrogen and oxygen atoms in total. The van der Waals surface area contributed by atoms with E-state index in [1.54, 1.807) is 60.8 Å². The van der Waals surface area contributed by atoms with Crippen LogP contribution in [0.15, 0.2) is 119 Å². The molecule has 0 atom stereocenters. The molecule has 0 saturated heterocycles. The molecule has 1 N–H and O–H groups in total. The first kappa shape index (κ1) is 23.9. The van der Waals surface area contributed by atoms with E-state index in [0.29, 0.717) is 0 Å². The molecule has 0 saturated carbocycles. The van der Waals surface area contributed by atoms with Crippen molar-refractivity contribution in [2.24, 2.45) is 5.10 Å². The van der Waals surface area contributed by atoms with Crippen molar-refractivity contribution in [3.63, 3.8) is 0 Å². The number of nitrogens with one attached hydrogen (secondary N) is 1. The second-order valence-corrected chi connectivity index (χ2v) is 9.80. The lowest BCUT2D eigenvalue weighted by Gasteiger charge is -2.26. The second-order valence-electron chi connectivity index (χ2n) is 7.94. The minimum atomic E-state index is -3.96. The zero-order chi connectivity index (χ0) is 24.7. The highest BCUT2D eigenvalue weighted by Crippen LogP contribution is 2.29. The fourth-order valence-corrected chi connectivity index (χ4v) is 5.12. The van der Waals surface area contributed by atoms with E-state index in [1.807, 2.05) is 61.5 Å². The molecule has 0 aromatic heterocycles. The smallest absolute Gasteiger partial charge is 0.267 e. The maximum atomic E-state index is 13.7. The Morgan fingerprint density at radius 3 is 2.23 bits per heavy atom. The van der Waals surface area contributed by atoms with Crippen LogP contribution in [0.1, 0.15) is 27.0 Å². The predicted molar refractivity (Wildman–Crippen MR) is 139 cm³/mol. The van der Waals surface area contributed by atoms with Gasteiger partial charge in [0.05, 0.1) is 28.9 Å². The van der Waals surface area contributed by atoms with Crippen molar-refractivity contribution in [2.75, 3.05) is 4.31 Å². The van der Waals surface area contributed by atoms with Gasteiger partial charge in [0, 0.05) is 0 Å². The van der Waals surface area contributed by atoms with Gasteiger partial charge in [0.25, 0.3) is 15.9 Å². The van der Waals surface area contributed by atoms with Crippen LogP contribution in [0.4, 0.5) is 5.69 Å². The van der Waals surface area contributed by atoms with Gasteiger partial charge in [-0.25, -0.2) is 13.8 Å². The van der Waals surface area contributed by atoms with Gasteiger partial charge in [-0.05, 0) is 42.3 Å². The van der Waals surface area contributed by atoms with Crippen LogP contribution in [0.2, 0.25) is 0 Å². The van der Waals surface area contributed by atoms with Crippen LogP contribution in [-0.2, 0) is 16.6 Å². The Balaban J connectivity index is 1.70. The molecule has 0 aliphatic carbocycles. The molecule has 0 heterocycles. The van der Waals surface area contributed by atoms with E-state index in [2.05, 4.69) is 10.5 Å². The number of anilines is 1. The number of rotatable bonds is 8. The first-order valence-electron chi connectivity index (χ1n) is 11.1. The van der Waals surface area contributed by atoms with Crippen LogP contribution in [0.25, 0.3) is 0 Å². The lowest BCUT2D eigenvalue weighted by molar-refractivity contribution is 0.0956. The second kappa shape index (κ2) is 10.8. The Hall–Kier alpha value is -4.23. The Kier molecular flexibility index (Phi) is 7.38. The lowest BCUT2D eigenvalue weighted by atomic mass is 10.1. The molecule has 0 aliphatic heterocycles. The minimum absolute atomic E-state index is 0.0644. The van der Waals surface area contributed by atoms with Crippen molar-refractivity contribution in [1.82, 2.24) is 5.43 Å². The Bertz CT molecular complexity index is 1440. The van der Waals surface area contributed by atoms with Gasteiger partial charge in [-0.2, -0.15) is 5.10 Å². The molecule has 0 spiro atoms. The first-order chi connectivity index (χ1) is 16.9. The number of sulfonamides is 1. The summed E-state index contributed by atoms with van der Waals surface area (Å²) in [6.07, 6.45) is 1.55. The van der Waals surface area contributed by atoms with Gasteiger partial charge in [0.15, 0.2) is 0 Å². The molecule has 1 amide bonds. The quantitative estimate of drug-likeness (QED) is 0.278. The summed E-state index contributed by atoms with van der Waals surface area (Å²) in [6.45, 7) is 2.04. The summed E-state index contributed by atoms with van der Waals surface area (Å²) >= 11 is 0. The molecule has 7 heteroatoms. The summed E-state index contributed by atoms with van der Waals surface area (Å²) in [5.74, 6) is -0.508. The highest BCUT2D eigenvalue weighted by Gasteiger charge is 2.28. The third-order valence-electron chi connectivity index (χ3n) is 5.34. The van der Waals surface area contributed by atoms with Crippen LogP contribution >= 0.6 is 0 Å². The maximum absolute atomic E-state index is 13.7. The van der Waals surface area contributed by atoms with E-state index in [4.69, 9.17) is 0 Å². The lowest BCUT2D eigenvalue weighted by Crippen LogP contribution is -2.33. The van der Waals surface area contributed by atoms with Crippen LogP contribution in [-0.4, -0.2) is 20.5 Å². The van der Waals surface area contributed by atoms with Crippen molar-refractivity contribution >= 4 is 27.8 Å². The van der Waals surface area contributed by atoms with Crippen molar-refractivity contribution < 1.29 is 13.2 Å². The standard InChI is InChI=1S/C28H25N3O3S/c1-22-11-10-14-24(19-22)20-29-30-28(32)26-17-8-9-18-27(26)31(21-23-12-4-2-5-13-23)35(33,34)25-15-6-3-7-16-25/h2-20H,21H2,1H3,(H,30,32)/b29-20-. The Morgan fingerprint density at radius 2 is 1.51 bits per heavy atom. The minimum Gasteiger partial charge on any atom is -0.267 e. The zero-order valence-corrected chi connectivity index (χ0v) is 20.0. The van der Waals surface area contributed by atoms with Gasteiger partial charge in [0.2, 0.25) is 0 Å². The van der Waals surface area contributed by atoms with E-state index in [-0.39, 0.29) is 22.7 Å². The number of amides is 1. The third-order valence-corrected chi connectivity index (χ3v) is 7.11. The number of hydrogen-bond acceptors (Lipinski definition) is 4. The number of carbonyl (C=O) groups excluding carboxylic acids is 1. The van der Waals surface area contributed by atoms with Crippen molar-refractivity contribution in [3.05, 3.63) is 131 Å². The molecule has 35 heavy (non-hydrogen) atoms. The highest BCUT2D eigenvalue weighted by molar-refractivity contribution is 7.92. The van der Waals surface area contributed by atoms with Crippen molar-refractivity contribution in [2.45, 2.75) is 18.4 Å². The van der Waals surface area contributed by atoms with Gasteiger partial charge in [-0.15, -0.1) is 0 Å². The summed E-state index contributed by atoms with van der Waals surface area (Å²) in [6, 6.07) is 31.8. The summed E-state index contributed by atoms with van der Waals surface area (Å²) in [5, 5.41) is 4.07. The third kappa shape index (κ3) is 5.83. The number of hydrazone groups is 1. The van der Waals surface area contributed by atoms with E-state index in [1.165, 1.54) is 4.31 Å². The predicted octanol–water partition coefficient (Wildman–Crippen LogP) is 5.15. The molecule has 4 rings (SSSR count). The molecule has 0 unspecified atom stereocenters.